The van der Waals surface area contributed by atoms with Crippen LogP contribution in [-0.4, -0.2) is 33.3 Å². The normalized spacial score (nSPS) is 18.2. The van der Waals surface area contributed by atoms with Crippen molar-refractivity contribution in [2.75, 3.05) is 13.1 Å². The fourth-order valence-corrected chi connectivity index (χ4v) is 4.14. The van der Waals surface area contributed by atoms with Gasteiger partial charge < -0.3 is 4.90 Å². The number of rotatable bonds is 2. The molecule has 4 rings (SSSR count). The zero-order chi connectivity index (χ0) is 15.1. The maximum Gasteiger partial charge on any atom is 0.253 e. The summed E-state index contributed by atoms with van der Waals surface area (Å²) in [5, 5.41) is 2.09. The molecule has 112 valence electrons. The molecule has 2 aromatic heterocycles. The van der Waals surface area contributed by atoms with Crippen molar-refractivity contribution in [1.82, 2.24) is 14.3 Å². The third-order valence-corrected chi connectivity index (χ3v) is 5.23. The Balaban J connectivity index is 1.58. The quantitative estimate of drug-likeness (QED) is 0.728. The van der Waals surface area contributed by atoms with E-state index in [0.29, 0.717) is 5.92 Å². The molecule has 0 saturated carbocycles. The number of likely N-dealkylation sites (tertiary alicyclic amines) is 1. The highest BCUT2D eigenvalue weighted by molar-refractivity contribution is 7.15. The second-order valence-electron chi connectivity index (χ2n) is 5.73. The highest BCUT2D eigenvalue weighted by Crippen LogP contribution is 2.32. The van der Waals surface area contributed by atoms with Crippen LogP contribution in [0.3, 0.4) is 0 Å². The molecule has 1 aliphatic rings. The highest BCUT2D eigenvalue weighted by Gasteiger charge is 2.31. The Morgan fingerprint density at radius 2 is 2.14 bits per heavy atom. The van der Waals surface area contributed by atoms with Crippen LogP contribution in [0.15, 0.2) is 41.9 Å². The molecule has 1 aromatic carbocycles. The van der Waals surface area contributed by atoms with Gasteiger partial charge in [-0.15, -0.1) is 11.3 Å². The predicted octanol–water partition coefficient (Wildman–Crippen LogP) is 3.33. The zero-order valence-corrected chi connectivity index (χ0v) is 13.2. The van der Waals surface area contributed by atoms with E-state index in [1.807, 2.05) is 42.2 Å². The van der Waals surface area contributed by atoms with E-state index >= 15 is 0 Å². The predicted molar refractivity (Wildman–Crippen MR) is 87.5 cm³/mol. The van der Waals surface area contributed by atoms with Crippen LogP contribution in [0, 0.1) is 6.92 Å². The molecule has 0 N–H and O–H groups in total. The summed E-state index contributed by atoms with van der Waals surface area (Å²) in [4.78, 5) is 20.5. The topological polar surface area (TPSA) is 37.6 Å². The molecule has 3 heterocycles. The van der Waals surface area contributed by atoms with Crippen LogP contribution >= 0.6 is 11.3 Å². The molecule has 1 aliphatic heterocycles. The van der Waals surface area contributed by atoms with E-state index < -0.39 is 0 Å². The maximum absolute atomic E-state index is 12.5. The fraction of sp³-hybridized carbons (Fsp3) is 0.294. The summed E-state index contributed by atoms with van der Waals surface area (Å²) < 4.78 is 2.14. The van der Waals surface area contributed by atoms with Gasteiger partial charge in [-0.2, -0.15) is 0 Å². The Labute approximate surface area is 133 Å². The van der Waals surface area contributed by atoms with Gasteiger partial charge in [0, 0.05) is 36.1 Å². The molecule has 5 heteroatoms. The minimum atomic E-state index is 0.126. The van der Waals surface area contributed by atoms with E-state index in [0.717, 1.165) is 36.6 Å². The van der Waals surface area contributed by atoms with Crippen molar-refractivity contribution in [3.05, 3.63) is 59.0 Å². The van der Waals surface area contributed by atoms with Gasteiger partial charge in [-0.3, -0.25) is 9.20 Å². The van der Waals surface area contributed by atoms with Crippen molar-refractivity contribution in [3.63, 3.8) is 0 Å². The van der Waals surface area contributed by atoms with Gasteiger partial charge in [-0.25, -0.2) is 4.98 Å². The average molecular weight is 311 g/mol. The standard InChI is InChI=1S/C17H17N3OS/c1-12-18-15(17-20(12)9-10-22-17)14-7-8-19(11-14)16(21)13-5-3-2-4-6-13/h2-6,9-10,14H,7-8,11H2,1H3. The number of hydrogen-bond donors (Lipinski definition) is 0. The number of carbonyl (C=O) groups excluding carboxylic acids is 1. The second kappa shape index (κ2) is 5.25. The number of fused-ring (bicyclic) bond motifs is 1. The van der Waals surface area contributed by atoms with Crippen molar-refractivity contribution < 1.29 is 4.79 Å². The first kappa shape index (κ1) is 13.5. The van der Waals surface area contributed by atoms with Gasteiger partial charge in [0.15, 0.2) is 0 Å². The summed E-state index contributed by atoms with van der Waals surface area (Å²) in [6, 6.07) is 9.52. The number of nitrogens with zero attached hydrogens (tertiary/aromatic N) is 3. The smallest absolute Gasteiger partial charge is 0.253 e. The third kappa shape index (κ3) is 2.13. The lowest BCUT2D eigenvalue weighted by atomic mass is 10.1. The van der Waals surface area contributed by atoms with Crippen molar-refractivity contribution in [1.29, 1.82) is 0 Å². The molecule has 1 amide bonds. The van der Waals surface area contributed by atoms with Gasteiger partial charge in [0.2, 0.25) is 0 Å². The summed E-state index contributed by atoms with van der Waals surface area (Å²) >= 11 is 1.72. The summed E-state index contributed by atoms with van der Waals surface area (Å²) in [5.74, 6) is 1.50. The summed E-state index contributed by atoms with van der Waals surface area (Å²) in [6.07, 6.45) is 3.05. The van der Waals surface area contributed by atoms with Gasteiger partial charge >= 0.3 is 0 Å². The van der Waals surface area contributed by atoms with Crippen LogP contribution < -0.4 is 0 Å². The summed E-state index contributed by atoms with van der Waals surface area (Å²) in [6.45, 7) is 3.60. The van der Waals surface area contributed by atoms with Crippen molar-refractivity contribution in [2.24, 2.45) is 0 Å². The van der Waals surface area contributed by atoms with Gasteiger partial charge in [-0.05, 0) is 25.5 Å². The molecule has 0 bridgehead atoms. The molecule has 0 radical (unpaired) electrons. The lowest BCUT2D eigenvalue weighted by Gasteiger charge is -2.16. The lowest BCUT2D eigenvalue weighted by Crippen LogP contribution is -2.28. The molecule has 0 spiro atoms. The number of aryl methyl sites for hydroxylation is 1. The first-order chi connectivity index (χ1) is 10.7. The Bertz CT molecular complexity index is 821. The minimum Gasteiger partial charge on any atom is -0.338 e. The first-order valence-corrected chi connectivity index (χ1v) is 8.38. The van der Waals surface area contributed by atoms with Crippen molar-refractivity contribution in [2.45, 2.75) is 19.3 Å². The fourth-order valence-electron chi connectivity index (χ4n) is 3.19. The Morgan fingerprint density at radius 3 is 2.95 bits per heavy atom. The monoisotopic (exact) mass is 311 g/mol. The molecule has 3 aromatic rings. The zero-order valence-electron chi connectivity index (χ0n) is 12.4. The van der Waals surface area contributed by atoms with Crippen LogP contribution in [0.1, 0.15) is 34.2 Å². The first-order valence-electron chi connectivity index (χ1n) is 7.50. The summed E-state index contributed by atoms with van der Waals surface area (Å²) in [5.41, 5.74) is 1.92. The van der Waals surface area contributed by atoms with Crippen LogP contribution in [0.25, 0.3) is 4.83 Å². The number of aromatic nitrogens is 2. The number of thiazole rings is 1. The molecule has 4 nitrogen and oxygen atoms in total. The SMILES string of the molecule is Cc1nc(C2CCN(C(=O)c3ccccc3)C2)c2sccn12. The van der Waals surface area contributed by atoms with Gasteiger partial charge in [0.1, 0.15) is 10.7 Å². The molecule has 1 fully saturated rings. The minimum absolute atomic E-state index is 0.126. The third-order valence-electron chi connectivity index (χ3n) is 4.34. The van der Waals surface area contributed by atoms with E-state index in [4.69, 9.17) is 4.98 Å². The molecular weight excluding hydrogens is 294 g/mol. The van der Waals surface area contributed by atoms with E-state index in [1.165, 1.54) is 4.83 Å². The van der Waals surface area contributed by atoms with Crippen molar-refractivity contribution in [3.8, 4) is 0 Å². The largest absolute Gasteiger partial charge is 0.338 e. The second-order valence-corrected chi connectivity index (χ2v) is 6.62. The van der Waals surface area contributed by atoms with Crippen LogP contribution in [0.2, 0.25) is 0 Å². The van der Waals surface area contributed by atoms with Crippen LogP contribution in [0.5, 0.6) is 0 Å². The average Bonchev–Trinajstić information content (AvgIpc) is 3.25. The van der Waals surface area contributed by atoms with Crippen LogP contribution in [0.4, 0.5) is 0 Å². The molecule has 1 atom stereocenters. The summed E-state index contributed by atoms with van der Waals surface area (Å²) in [7, 11) is 0. The number of hydrogen-bond acceptors (Lipinski definition) is 3. The van der Waals surface area contributed by atoms with E-state index in [1.54, 1.807) is 11.3 Å². The van der Waals surface area contributed by atoms with Gasteiger partial charge in [0.25, 0.3) is 5.91 Å². The lowest BCUT2D eigenvalue weighted by molar-refractivity contribution is 0.0790. The number of carbonyl (C=O) groups is 1. The van der Waals surface area contributed by atoms with E-state index in [-0.39, 0.29) is 5.91 Å². The molecule has 1 saturated heterocycles. The van der Waals surface area contributed by atoms with Gasteiger partial charge in [-0.1, -0.05) is 18.2 Å². The molecule has 1 unspecified atom stereocenters. The van der Waals surface area contributed by atoms with E-state index in [9.17, 15) is 4.79 Å². The molecule has 22 heavy (non-hydrogen) atoms. The Kier molecular flexibility index (Phi) is 3.22. The number of benzene rings is 1. The number of amides is 1. The molecular formula is C17H17N3OS. The van der Waals surface area contributed by atoms with Crippen LogP contribution in [-0.2, 0) is 0 Å². The Morgan fingerprint density at radius 1 is 1.32 bits per heavy atom. The highest BCUT2D eigenvalue weighted by atomic mass is 32.1. The molecule has 0 aliphatic carbocycles. The van der Waals surface area contributed by atoms with E-state index in [2.05, 4.69) is 16.0 Å². The van der Waals surface area contributed by atoms with Gasteiger partial charge in [0.05, 0.1) is 5.69 Å². The number of imidazole rings is 1. The Hall–Kier alpha value is -2.14. The van der Waals surface area contributed by atoms with Crippen molar-refractivity contribution >= 4 is 22.1 Å². The maximum atomic E-state index is 12.5.